The third kappa shape index (κ3) is 5.98. The van der Waals surface area contributed by atoms with Crippen molar-refractivity contribution >= 4 is 51.4 Å². The lowest BCUT2D eigenvalue weighted by atomic mass is 10.1. The Morgan fingerprint density at radius 2 is 1.86 bits per heavy atom. The smallest absolute Gasteiger partial charge is 0.341 e. The van der Waals surface area contributed by atoms with E-state index in [2.05, 4.69) is 15.8 Å². The van der Waals surface area contributed by atoms with E-state index in [1.54, 1.807) is 37.3 Å². The van der Waals surface area contributed by atoms with Gasteiger partial charge in [0.05, 0.1) is 23.4 Å². The molecule has 4 rings (SSSR count). The predicted molar refractivity (Wildman–Crippen MR) is 139 cm³/mol. The van der Waals surface area contributed by atoms with Crippen LogP contribution in [0, 0.1) is 5.82 Å². The van der Waals surface area contributed by atoms with Crippen LogP contribution in [0.3, 0.4) is 0 Å². The lowest BCUT2D eigenvalue weighted by Gasteiger charge is -2.09. The highest BCUT2D eigenvalue weighted by Crippen LogP contribution is 2.39. The maximum atomic E-state index is 13.9. The molecule has 1 aromatic heterocycles. The van der Waals surface area contributed by atoms with Crippen LogP contribution in [-0.4, -0.2) is 30.6 Å². The molecule has 192 valence electrons. The summed E-state index contributed by atoms with van der Waals surface area (Å²) < 4.78 is 24.4. The van der Waals surface area contributed by atoms with E-state index in [1.807, 2.05) is 0 Å². The number of nitrogens with one attached hydrogen (secondary N) is 2. The van der Waals surface area contributed by atoms with Gasteiger partial charge in [-0.15, -0.1) is 11.3 Å². The average Bonchev–Trinajstić information content (AvgIpc) is 3.47. The Hall–Kier alpha value is -3.76. The molecular formula is C26H23ClFN3O5S. The van der Waals surface area contributed by atoms with Crippen molar-refractivity contribution in [3.63, 3.8) is 0 Å². The second-order valence-corrected chi connectivity index (χ2v) is 9.67. The monoisotopic (exact) mass is 543 g/mol. The van der Waals surface area contributed by atoms with Crippen LogP contribution >= 0.6 is 22.9 Å². The van der Waals surface area contributed by atoms with Gasteiger partial charge in [0.25, 0.3) is 0 Å². The minimum atomic E-state index is -0.981. The molecule has 0 atom stereocenters. The molecule has 11 heteroatoms. The number of fused-ring (bicyclic) bond motifs is 1. The maximum absolute atomic E-state index is 13.9. The summed E-state index contributed by atoms with van der Waals surface area (Å²) in [5, 5.41) is 7.07. The molecule has 2 amide bonds. The second-order valence-electron chi connectivity index (χ2n) is 8.16. The summed E-state index contributed by atoms with van der Waals surface area (Å²) >= 11 is 7.29. The number of anilines is 1. The highest BCUT2D eigenvalue weighted by atomic mass is 35.5. The minimum absolute atomic E-state index is 0.0337. The zero-order chi connectivity index (χ0) is 26.5. The summed E-state index contributed by atoms with van der Waals surface area (Å²) in [6.07, 6.45) is 2.47. The zero-order valence-corrected chi connectivity index (χ0v) is 21.6. The van der Waals surface area contributed by atoms with Crippen molar-refractivity contribution in [1.82, 2.24) is 5.43 Å². The number of hydrogen-bond acceptors (Lipinski definition) is 7. The van der Waals surface area contributed by atoms with E-state index in [-0.39, 0.29) is 17.2 Å². The number of hydrogen-bond donors (Lipinski definition) is 2. The topological polar surface area (TPSA) is 106 Å². The fourth-order valence-corrected chi connectivity index (χ4v) is 5.33. The van der Waals surface area contributed by atoms with Gasteiger partial charge in [0, 0.05) is 10.4 Å². The molecule has 0 unspecified atom stereocenters. The number of ether oxygens (including phenoxy) is 2. The lowest BCUT2D eigenvalue weighted by Crippen LogP contribution is -2.33. The van der Waals surface area contributed by atoms with E-state index in [9.17, 15) is 18.8 Å². The molecule has 2 N–H and O–H groups in total. The number of amides is 2. The minimum Gasteiger partial charge on any atom is -0.489 e. The van der Waals surface area contributed by atoms with Crippen LogP contribution in [0.4, 0.5) is 9.39 Å². The highest BCUT2D eigenvalue weighted by molar-refractivity contribution is 7.17. The van der Waals surface area contributed by atoms with Crippen LogP contribution in [-0.2, 0) is 33.8 Å². The Kier molecular flexibility index (Phi) is 8.20. The number of methoxy groups -OCH3 is 1. The molecule has 0 fully saturated rings. The number of nitrogens with zero attached hydrogens (tertiary/aromatic N) is 1. The van der Waals surface area contributed by atoms with Gasteiger partial charge in [0.15, 0.2) is 0 Å². The summed E-state index contributed by atoms with van der Waals surface area (Å²) in [6.45, 7) is 1.63. The summed E-state index contributed by atoms with van der Waals surface area (Å²) in [6, 6.07) is 11.2. The largest absolute Gasteiger partial charge is 0.489 e. The third-order valence-corrected chi connectivity index (χ3v) is 7.35. The van der Waals surface area contributed by atoms with Gasteiger partial charge in [0.1, 0.15) is 23.2 Å². The van der Waals surface area contributed by atoms with E-state index in [0.717, 1.165) is 29.7 Å². The van der Waals surface area contributed by atoms with E-state index < -0.39 is 23.6 Å². The van der Waals surface area contributed by atoms with Gasteiger partial charge in [-0.25, -0.2) is 14.6 Å². The Morgan fingerprint density at radius 3 is 2.57 bits per heavy atom. The Balaban J connectivity index is 1.35. The molecule has 37 heavy (non-hydrogen) atoms. The molecule has 0 spiro atoms. The van der Waals surface area contributed by atoms with Gasteiger partial charge in [0.2, 0.25) is 0 Å². The van der Waals surface area contributed by atoms with Crippen molar-refractivity contribution in [3.8, 4) is 5.75 Å². The average molecular weight is 544 g/mol. The van der Waals surface area contributed by atoms with Gasteiger partial charge >= 0.3 is 17.8 Å². The lowest BCUT2D eigenvalue weighted by molar-refractivity contribution is -0.136. The number of carbonyl (C=O) groups is 3. The van der Waals surface area contributed by atoms with Gasteiger partial charge < -0.3 is 14.8 Å². The van der Waals surface area contributed by atoms with Crippen molar-refractivity contribution in [3.05, 3.63) is 80.4 Å². The number of thiophene rings is 1. The number of esters is 1. The molecule has 8 nitrogen and oxygen atoms in total. The van der Waals surface area contributed by atoms with Crippen LogP contribution in [0.1, 0.15) is 45.3 Å². The summed E-state index contributed by atoms with van der Waals surface area (Å²) in [7, 11) is 1.27. The molecule has 1 aliphatic rings. The van der Waals surface area contributed by atoms with Crippen molar-refractivity contribution in [2.24, 2.45) is 5.10 Å². The number of hydrazone groups is 1. The SMILES string of the molecule is COC(=O)c1c(NC(=O)C(=O)N/N=C(\C)c2ccc(OCc3c(F)cccc3Cl)cc2)sc2c1CCC2. The van der Waals surface area contributed by atoms with Crippen molar-refractivity contribution in [2.45, 2.75) is 32.8 Å². The molecule has 0 radical (unpaired) electrons. The first kappa shape index (κ1) is 26.3. The fraction of sp³-hybridized carbons (Fsp3) is 0.231. The standard InChI is InChI=1S/C26H23ClFN3O5S/c1-14(15-9-11-16(12-10-15)36-13-18-19(27)6-4-7-20(18)28)30-31-24(33)23(32)29-25-22(26(34)35-2)17-5-3-8-21(17)37-25/h4,6-7,9-12H,3,5,8,13H2,1-2H3,(H,29,32)(H,31,33)/b30-14+. The highest BCUT2D eigenvalue weighted by Gasteiger charge is 2.29. The molecule has 1 heterocycles. The summed E-state index contributed by atoms with van der Waals surface area (Å²) in [5.41, 5.74) is 4.77. The first-order chi connectivity index (χ1) is 17.8. The Bertz CT molecular complexity index is 1370. The van der Waals surface area contributed by atoms with Crippen molar-refractivity contribution in [2.75, 3.05) is 12.4 Å². The van der Waals surface area contributed by atoms with Gasteiger partial charge in [-0.2, -0.15) is 5.10 Å². The predicted octanol–water partition coefficient (Wildman–Crippen LogP) is 4.87. The maximum Gasteiger partial charge on any atom is 0.341 e. The molecule has 1 aliphatic carbocycles. The number of carbonyl (C=O) groups excluding carboxylic acids is 3. The Morgan fingerprint density at radius 1 is 1.11 bits per heavy atom. The number of halogens is 2. The molecule has 0 bridgehead atoms. The van der Waals surface area contributed by atoms with E-state index in [0.29, 0.717) is 27.6 Å². The van der Waals surface area contributed by atoms with Gasteiger partial charge in [-0.1, -0.05) is 17.7 Å². The van der Waals surface area contributed by atoms with Gasteiger partial charge in [-0.05, 0) is 73.7 Å². The first-order valence-electron chi connectivity index (χ1n) is 11.3. The van der Waals surface area contributed by atoms with E-state index >= 15 is 0 Å². The number of benzene rings is 2. The Labute approximate surface area is 221 Å². The quantitative estimate of drug-likeness (QED) is 0.191. The fourth-order valence-electron chi connectivity index (χ4n) is 3.84. The molecule has 3 aromatic rings. The zero-order valence-electron chi connectivity index (χ0n) is 20.0. The van der Waals surface area contributed by atoms with Crippen molar-refractivity contribution < 1.29 is 28.2 Å². The molecule has 0 saturated heterocycles. The molecule has 0 saturated carbocycles. The van der Waals surface area contributed by atoms with Crippen LogP contribution in [0.25, 0.3) is 0 Å². The summed E-state index contributed by atoms with van der Waals surface area (Å²) in [4.78, 5) is 38.0. The number of rotatable bonds is 7. The van der Waals surface area contributed by atoms with Crippen LogP contribution in [0.2, 0.25) is 5.02 Å². The van der Waals surface area contributed by atoms with E-state index in [4.69, 9.17) is 21.1 Å². The normalized spacial score (nSPS) is 12.6. The van der Waals surface area contributed by atoms with Crippen molar-refractivity contribution in [1.29, 1.82) is 0 Å². The first-order valence-corrected chi connectivity index (χ1v) is 12.5. The van der Waals surface area contributed by atoms with Crippen LogP contribution < -0.4 is 15.5 Å². The second kappa shape index (κ2) is 11.5. The molecule has 2 aromatic carbocycles. The third-order valence-electron chi connectivity index (χ3n) is 5.79. The van der Waals surface area contributed by atoms with Crippen LogP contribution in [0.5, 0.6) is 5.75 Å². The van der Waals surface area contributed by atoms with Gasteiger partial charge in [-0.3, -0.25) is 9.59 Å². The number of aryl methyl sites for hydroxylation is 1. The summed E-state index contributed by atoms with van der Waals surface area (Å²) in [5.74, 6) is -2.43. The van der Waals surface area contributed by atoms with E-state index in [1.165, 1.54) is 30.6 Å². The molecular weight excluding hydrogens is 521 g/mol. The van der Waals surface area contributed by atoms with Crippen LogP contribution in [0.15, 0.2) is 47.6 Å². The molecule has 0 aliphatic heterocycles.